The molecular formula is C12H22N2O2. The van der Waals surface area contributed by atoms with E-state index in [1.54, 1.807) is 6.92 Å². The molecule has 0 aromatic carbocycles. The van der Waals surface area contributed by atoms with Crippen LogP contribution in [0.2, 0.25) is 0 Å². The van der Waals surface area contributed by atoms with Crippen LogP contribution in [0.15, 0.2) is 0 Å². The van der Waals surface area contributed by atoms with Crippen molar-refractivity contribution in [3.8, 4) is 0 Å². The number of nitrogens with two attached hydrogens (primary N) is 1. The lowest BCUT2D eigenvalue weighted by atomic mass is 9.92. The molecule has 1 heterocycles. The minimum absolute atomic E-state index is 0.00599. The second-order valence-corrected chi connectivity index (χ2v) is 4.83. The third-order valence-corrected chi connectivity index (χ3v) is 3.39. The molecule has 4 nitrogen and oxygen atoms in total. The molecule has 1 aliphatic rings. The molecule has 0 spiro atoms. The van der Waals surface area contributed by atoms with Gasteiger partial charge in [0, 0.05) is 19.0 Å². The summed E-state index contributed by atoms with van der Waals surface area (Å²) in [7, 11) is 0. The van der Waals surface area contributed by atoms with Crippen LogP contribution in [0.4, 0.5) is 0 Å². The van der Waals surface area contributed by atoms with E-state index in [1.807, 2.05) is 0 Å². The Bertz CT molecular complexity index is 266. The van der Waals surface area contributed by atoms with Crippen LogP contribution < -0.4 is 5.73 Å². The Kier molecular flexibility index (Phi) is 4.93. The maximum Gasteiger partial charge on any atom is 0.221 e. The maximum atomic E-state index is 11.1. The first kappa shape index (κ1) is 13.2. The summed E-state index contributed by atoms with van der Waals surface area (Å²) in [4.78, 5) is 24.3. The number of amides is 1. The van der Waals surface area contributed by atoms with Crippen LogP contribution in [-0.2, 0) is 9.59 Å². The fourth-order valence-corrected chi connectivity index (χ4v) is 2.25. The summed E-state index contributed by atoms with van der Waals surface area (Å²) in [5.41, 5.74) is 5.33. The zero-order chi connectivity index (χ0) is 12.1. The van der Waals surface area contributed by atoms with Crippen molar-refractivity contribution in [2.24, 2.45) is 11.7 Å². The van der Waals surface area contributed by atoms with Crippen LogP contribution in [-0.4, -0.2) is 35.7 Å². The van der Waals surface area contributed by atoms with Crippen molar-refractivity contribution in [1.82, 2.24) is 4.90 Å². The van der Waals surface area contributed by atoms with Crippen molar-refractivity contribution in [1.29, 1.82) is 0 Å². The molecule has 16 heavy (non-hydrogen) atoms. The number of piperidine rings is 1. The average molecular weight is 226 g/mol. The highest BCUT2D eigenvalue weighted by atomic mass is 16.1. The van der Waals surface area contributed by atoms with Gasteiger partial charge in [-0.15, -0.1) is 0 Å². The van der Waals surface area contributed by atoms with Crippen molar-refractivity contribution in [2.45, 2.75) is 45.6 Å². The Morgan fingerprint density at radius 2 is 2.06 bits per heavy atom. The van der Waals surface area contributed by atoms with Crippen LogP contribution in [0.1, 0.15) is 39.5 Å². The first-order valence-electron chi connectivity index (χ1n) is 6.03. The van der Waals surface area contributed by atoms with Crippen LogP contribution >= 0.6 is 0 Å². The second-order valence-electron chi connectivity index (χ2n) is 4.83. The number of Topliss-reactive ketones (excluding diaryl/α,β-unsaturated/α-hetero) is 1. The number of rotatable bonds is 5. The van der Waals surface area contributed by atoms with Crippen molar-refractivity contribution >= 4 is 11.7 Å². The van der Waals surface area contributed by atoms with Crippen LogP contribution in [0.3, 0.4) is 0 Å². The summed E-state index contributed by atoms with van der Waals surface area (Å²) in [6.07, 6.45) is 3.43. The molecule has 0 radical (unpaired) electrons. The number of likely N-dealkylation sites (tertiary alicyclic amines) is 1. The van der Waals surface area contributed by atoms with Crippen LogP contribution in [0.25, 0.3) is 0 Å². The minimum Gasteiger partial charge on any atom is -0.369 e. The fourth-order valence-electron chi connectivity index (χ4n) is 2.25. The summed E-state index contributed by atoms with van der Waals surface area (Å²) in [5, 5.41) is 0. The first-order chi connectivity index (χ1) is 7.50. The number of hydrogen-bond donors (Lipinski definition) is 1. The van der Waals surface area contributed by atoms with E-state index in [2.05, 4.69) is 11.8 Å². The number of carbonyl (C=O) groups is 2. The predicted octanol–water partition coefficient (Wildman–Crippen LogP) is 0.941. The van der Waals surface area contributed by atoms with Crippen molar-refractivity contribution < 1.29 is 9.59 Å². The van der Waals surface area contributed by atoms with Gasteiger partial charge in [-0.05, 0) is 39.7 Å². The van der Waals surface area contributed by atoms with E-state index in [1.165, 1.54) is 0 Å². The van der Waals surface area contributed by atoms with E-state index in [0.29, 0.717) is 12.5 Å². The highest BCUT2D eigenvalue weighted by molar-refractivity contribution is 5.77. The van der Waals surface area contributed by atoms with Gasteiger partial charge < -0.3 is 10.5 Å². The Morgan fingerprint density at radius 1 is 1.38 bits per heavy atom. The summed E-state index contributed by atoms with van der Waals surface area (Å²) >= 11 is 0. The van der Waals surface area contributed by atoms with Gasteiger partial charge in [0.15, 0.2) is 0 Å². The summed E-state index contributed by atoms with van der Waals surface area (Å²) in [5.74, 6) is 0.0353. The van der Waals surface area contributed by atoms with Crippen molar-refractivity contribution in [2.75, 3.05) is 13.1 Å². The van der Waals surface area contributed by atoms with Gasteiger partial charge in [-0.25, -0.2) is 0 Å². The number of nitrogens with zero attached hydrogens (tertiary/aromatic N) is 1. The van der Waals surface area contributed by atoms with E-state index in [-0.39, 0.29) is 17.6 Å². The normalized spacial score (nSPS) is 26.6. The minimum atomic E-state index is -0.191. The molecule has 1 amide bonds. The Hall–Kier alpha value is -0.900. The number of hydrogen-bond acceptors (Lipinski definition) is 3. The van der Waals surface area contributed by atoms with E-state index < -0.39 is 0 Å². The van der Waals surface area contributed by atoms with Crippen LogP contribution in [0, 0.1) is 5.92 Å². The monoisotopic (exact) mass is 226 g/mol. The highest BCUT2D eigenvalue weighted by Crippen LogP contribution is 2.21. The van der Waals surface area contributed by atoms with Gasteiger partial charge in [-0.3, -0.25) is 9.69 Å². The molecule has 0 aromatic heterocycles. The van der Waals surface area contributed by atoms with Gasteiger partial charge in [0.05, 0.1) is 5.92 Å². The third kappa shape index (κ3) is 3.93. The zero-order valence-electron chi connectivity index (χ0n) is 10.2. The molecule has 0 bridgehead atoms. The lowest BCUT2D eigenvalue weighted by molar-refractivity contribution is -0.124. The molecule has 4 heteroatoms. The van der Waals surface area contributed by atoms with Gasteiger partial charge in [0.1, 0.15) is 5.78 Å². The fraction of sp³-hybridized carbons (Fsp3) is 0.833. The lowest BCUT2D eigenvalue weighted by Gasteiger charge is -2.36. The number of carbonyl (C=O) groups excluding carboxylic acids is 2. The van der Waals surface area contributed by atoms with E-state index in [9.17, 15) is 9.59 Å². The predicted molar refractivity (Wildman–Crippen MR) is 62.9 cm³/mol. The van der Waals surface area contributed by atoms with Crippen molar-refractivity contribution in [3.05, 3.63) is 0 Å². The Balaban J connectivity index is 2.37. The second kappa shape index (κ2) is 5.99. The molecule has 1 aliphatic heterocycles. The van der Waals surface area contributed by atoms with Gasteiger partial charge in [0.2, 0.25) is 5.91 Å². The molecule has 0 aliphatic carbocycles. The Morgan fingerprint density at radius 3 is 2.62 bits per heavy atom. The Labute approximate surface area is 97.2 Å². The molecule has 1 rings (SSSR count). The number of ketones is 1. The zero-order valence-corrected chi connectivity index (χ0v) is 10.2. The molecule has 2 unspecified atom stereocenters. The molecule has 2 atom stereocenters. The molecular weight excluding hydrogens is 204 g/mol. The molecule has 0 saturated carbocycles. The standard InChI is InChI=1S/C12H22N2O2/c1-9-5-6-11(12(13)16)8-14(9)7-3-4-10(2)15/h9,11H,3-8H2,1-2H3,(H2,13,16). The summed E-state index contributed by atoms with van der Waals surface area (Å²) in [6.45, 7) is 5.44. The van der Waals surface area contributed by atoms with Gasteiger partial charge in [0.25, 0.3) is 0 Å². The molecule has 92 valence electrons. The van der Waals surface area contributed by atoms with E-state index in [0.717, 1.165) is 32.4 Å². The van der Waals surface area contributed by atoms with E-state index in [4.69, 9.17) is 5.73 Å². The quantitative estimate of drug-likeness (QED) is 0.759. The third-order valence-electron chi connectivity index (χ3n) is 3.39. The molecule has 0 aromatic rings. The SMILES string of the molecule is CC(=O)CCCN1CC(C(N)=O)CCC1C. The van der Waals surface area contributed by atoms with Gasteiger partial charge >= 0.3 is 0 Å². The average Bonchev–Trinajstić information content (AvgIpc) is 2.20. The topological polar surface area (TPSA) is 63.4 Å². The largest absolute Gasteiger partial charge is 0.369 e. The molecule has 1 fully saturated rings. The highest BCUT2D eigenvalue weighted by Gasteiger charge is 2.27. The summed E-state index contributed by atoms with van der Waals surface area (Å²) < 4.78 is 0. The summed E-state index contributed by atoms with van der Waals surface area (Å²) in [6, 6.07) is 0.502. The van der Waals surface area contributed by atoms with Crippen molar-refractivity contribution in [3.63, 3.8) is 0 Å². The molecule has 1 saturated heterocycles. The lowest BCUT2D eigenvalue weighted by Crippen LogP contribution is -2.46. The van der Waals surface area contributed by atoms with Crippen LogP contribution in [0.5, 0.6) is 0 Å². The maximum absolute atomic E-state index is 11.1. The first-order valence-corrected chi connectivity index (χ1v) is 6.03. The smallest absolute Gasteiger partial charge is 0.221 e. The molecule has 2 N–H and O–H groups in total. The van der Waals surface area contributed by atoms with Gasteiger partial charge in [-0.2, -0.15) is 0 Å². The van der Waals surface area contributed by atoms with E-state index >= 15 is 0 Å². The number of primary amides is 1. The van der Waals surface area contributed by atoms with Gasteiger partial charge in [-0.1, -0.05) is 0 Å².